The molecule has 2 N–H and O–H groups in total. The first-order valence-electron chi connectivity index (χ1n) is 4.15. The van der Waals surface area contributed by atoms with Gasteiger partial charge in [-0.1, -0.05) is 0 Å². The molecule has 1 fully saturated rings. The molecule has 12 heavy (non-hydrogen) atoms. The predicted molar refractivity (Wildman–Crippen MR) is 47.0 cm³/mol. The van der Waals surface area contributed by atoms with Crippen LogP contribution < -0.4 is 10.5 Å². The van der Waals surface area contributed by atoms with E-state index in [0.717, 1.165) is 24.2 Å². The third-order valence-electron chi connectivity index (χ3n) is 1.94. The summed E-state index contributed by atoms with van der Waals surface area (Å²) in [7, 11) is 0. The third kappa shape index (κ3) is 1.35. The molecule has 0 radical (unpaired) electrons. The highest BCUT2D eigenvalue weighted by Crippen LogP contribution is 2.31. The monoisotopic (exact) mass is 164 g/mol. The maximum atomic E-state index is 5.66. The molecule has 0 saturated heterocycles. The van der Waals surface area contributed by atoms with Crippen molar-refractivity contribution < 1.29 is 4.74 Å². The van der Waals surface area contributed by atoms with Crippen LogP contribution in [0.15, 0.2) is 12.3 Å². The van der Waals surface area contributed by atoms with Crippen molar-refractivity contribution in [2.45, 2.75) is 25.9 Å². The molecule has 1 aromatic rings. The summed E-state index contributed by atoms with van der Waals surface area (Å²) in [6.07, 6.45) is 4.38. The molecule has 0 atom stereocenters. The highest BCUT2D eigenvalue weighted by Gasteiger charge is 2.25. The largest absolute Gasteiger partial charge is 0.486 e. The van der Waals surface area contributed by atoms with Gasteiger partial charge in [0, 0.05) is 6.20 Å². The first-order chi connectivity index (χ1) is 5.77. The van der Waals surface area contributed by atoms with Gasteiger partial charge in [-0.3, -0.25) is 0 Å². The Morgan fingerprint density at radius 1 is 1.58 bits per heavy atom. The second kappa shape index (κ2) is 2.66. The zero-order valence-electron chi connectivity index (χ0n) is 7.08. The zero-order chi connectivity index (χ0) is 8.55. The number of rotatable bonds is 2. The average Bonchev–Trinajstić information content (AvgIpc) is 2.80. The van der Waals surface area contributed by atoms with Crippen LogP contribution in [0.5, 0.6) is 5.75 Å². The number of nitrogens with two attached hydrogens (primary N) is 1. The van der Waals surface area contributed by atoms with Gasteiger partial charge in [0.05, 0.1) is 6.10 Å². The van der Waals surface area contributed by atoms with Gasteiger partial charge in [-0.15, -0.1) is 0 Å². The molecule has 1 heterocycles. The van der Waals surface area contributed by atoms with Gasteiger partial charge in [-0.25, -0.2) is 4.98 Å². The predicted octanol–water partition coefficient (Wildman–Crippen LogP) is 1.51. The fourth-order valence-electron chi connectivity index (χ4n) is 1.07. The fraction of sp³-hybridized carbons (Fsp3) is 0.444. The van der Waals surface area contributed by atoms with Gasteiger partial charge in [0.15, 0.2) is 11.6 Å². The highest BCUT2D eigenvalue weighted by atomic mass is 16.5. The highest BCUT2D eigenvalue weighted by molar-refractivity contribution is 5.50. The molecule has 1 saturated carbocycles. The average molecular weight is 164 g/mol. The molecule has 64 valence electrons. The van der Waals surface area contributed by atoms with Crippen LogP contribution >= 0.6 is 0 Å². The number of hydrogen-bond donors (Lipinski definition) is 1. The lowest BCUT2D eigenvalue weighted by Gasteiger charge is -2.08. The van der Waals surface area contributed by atoms with E-state index in [1.54, 1.807) is 6.20 Å². The van der Waals surface area contributed by atoms with E-state index in [-0.39, 0.29) is 0 Å². The minimum atomic E-state index is 0.384. The van der Waals surface area contributed by atoms with Gasteiger partial charge in [0.25, 0.3) is 0 Å². The molecule has 0 aromatic carbocycles. The number of aromatic nitrogens is 1. The maximum absolute atomic E-state index is 5.66. The van der Waals surface area contributed by atoms with Crippen molar-refractivity contribution in [2.24, 2.45) is 0 Å². The molecule has 1 aromatic heterocycles. The van der Waals surface area contributed by atoms with E-state index in [1.807, 2.05) is 13.0 Å². The lowest BCUT2D eigenvalue weighted by Crippen LogP contribution is -2.03. The summed E-state index contributed by atoms with van der Waals surface area (Å²) in [5.74, 6) is 1.27. The Bertz CT molecular complexity index is 274. The molecular formula is C9H12N2O. The Hall–Kier alpha value is -1.25. The minimum Gasteiger partial charge on any atom is -0.486 e. The summed E-state index contributed by atoms with van der Waals surface area (Å²) >= 11 is 0. The van der Waals surface area contributed by atoms with E-state index < -0.39 is 0 Å². The van der Waals surface area contributed by atoms with Crippen molar-refractivity contribution in [1.82, 2.24) is 4.98 Å². The van der Waals surface area contributed by atoms with Crippen LogP contribution in [0, 0.1) is 6.92 Å². The van der Waals surface area contributed by atoms with Crippen LogP contribution in [0.1, 0.15) is 18.4 Å². The molecule has 0 unspecified atom stereocenters. The Labute approximate surface area is 71.6 Å². The number of ether oxygens (including phenoxy) is 1. The summed E-state index contributed by atoms with van der Waals surface area (Å²) in [5, 5.41) is 0. The van der Waals surface area contributed by atoms with Crippen LogP contribution in [0.2, 0.25) is 0 Å². The van der Waals surface area contributed by atoms with Crippen molar-refractivity contribution in [1.29, 1.82) is 0 Å². The molecule has 0 bridgehead atoms. The first-order valence-corrected chi connectivity index (χ1v) is 4.15. The maximum Gasteiger partial charge on any atom is 0.166 e. The van der Waals surface area contributed by atoms with Crippen LogP contribution in [-0.2, 0) is 0 Å². The van der Waals surface area contributed by atoms with Gasteiger partial charge < -0.3 is 10.5 Å². The SMILES string of the molecule is Cc1ccnc(N)c1OC1CC1. The fourth-order valence-corrected chi connectivity index (χ4v) is 1.07. The molecule has 2 rings (SSSR count). The normalized spacial score (nSPS) is 16.1. The van der Waals surface area contributed by atoms with Crippen LogP contribution in [0.25, 0.3) is 0 Å². The van der Waals surface area contributed by atoms with Crippen LogP contribution in [-0.4, -0.2) is 11.1 Å². The van der Waals surface area contributed by atoms with Crippen molar-refractivity contribution in [3.63, 3.8) is 0 Å². The second-order valence-corrected chi connectivity index (χ2v) is 3.16. The van der Waals surface area contributed by atoms with Crippen molar-refractivity contribution >= 4 is 5.82 Å². The van der Waals surface area contributed by atoms with Crippen molar-refractivity contribution in [3.05, 3.63) is 17.8 Å². The van der Waals surface area contributed by atoms with E-state index in [1.165, 1.54) is 0 Å². The van der Waals surface area contributed by atoms with Gasteiger partial charge in [-0.2, -0.15) is 0 Å². The Morgan fingerprint density at radius 2 is 2.33 bits per heavy atom. The van der Waals surface area contributed by atoms with E-state index in [2.05, 4.69) is 4.98 Å². The van der Waals surface area contributed by atoms with Crippen LogP contribution in [0.3, 0.4) is 0 Å². The number of aryl methyl sites for hydroxylation is 1. The first kappa shape index (κ1) is 7.40. The molecular weight excluding hydrogens is 152 g/mol. The number of nitrogen functional groups attached to an aromatic ring is 1. The topological polar surface area (TPSA) is 48.1 Å². The number of hydrogen-bond acceptors (Lipinski definition) is 3. The summed E-state index contributed by atoms with van der Waals surface area (Å²) in [5.41, 5.74) is 6.73. The second-order valence-electron chi connectivity index (χ2n) is 3.16. The molecule has 0 amide bonds. The lowest BCUT2D eigenvalue weighted by molar-refractivity contribution is 0.302. The quantitative estimate of drug-likeness (QED) is 0.720. The Balaban J connectivity index is 2.26. The third-order valence-corrected chi connectivity index (χ3v) is 1.94. The zero-order valence-corrected chi connectivity index (χ0v) is 7.08. The molecule has 0 aliphatic heterocycles. The summed E-state index contributed by atoms with van der Waals surface area (Å²) in [6.45, 7) is 1.98. The number of pyridine rings is 1. The number of nitrogens with zero attached hydrogens (tertiary/aromatic N) is 1. The van der Waals surface area contributed by atoms with E-state index in [4.69, 9.17) is 10.5 Å². The van der Waals surface area contributed by atoms with Crippen LogP contribution in [0.4, 0.5) is 5.82 Å². The minimum absolute atomic E-state index is 0.384. The lowest BCUT2D eigenvalue weighted by atomic mass is 10.2. The Morgan fingerprint density at radius 3 is 2.92 bits per heavy atom. The molecule has 0 spiro atoms. The van der Waals surface area contributed by atoms with Gasteiger partial charge >= 0.3 is 0 Å². The number of anilines is 1. The van der Waals surface area contributed by atoms with E-state index in [0.29, 0.717) is 11.9 Å². The van der Waals surface area contributed by atoms with Gasteiger partial charge in [0.2, 0.25) is 0 Å². The molecule has 1 aliphatic rings. The summed E-state index contributed by atoms with van der Waals surface area (Å²) < 4.78 is 5.60. The summed E-state index contributed by atoms with van der Waals surface area (Å²) in [4.78, 5) is 3.97. The van der Waals surface area contributed by atoms with Crippen molar-refractivity contribution in [2.75, 3.05) is 5.73 Å². The molecule has 3 nitrogen and oxygen atoms in total. The molecule has 1 aliphatic carbocycles. The standard InChI is InChI=1S/C9H12N2O/c1-6-4-5-11-9(10)8(6)12-7-2-3-7/h4-5,7H,2-3H2,1H3,(H2,10,11). The molecule has 3 heteroatoms. The summed E-state index contributed by atoms with van der Waals surface area (Å²) in [6, 6.07) is 1.91. The van der Waals surface area contributed by atoms with E-state index in [9.17, 15) is 0 Å². The van der Waals surface area contributed by atoms with E-state index >= 15 is 0 Å². The smallest absolute Gasteiger partial charge is 0.166 e. The Kier molecular flexibility index (Phi) is 1.64. The van der Waals surface area contributed by atoms with Gasteiger partial charge in [-0.05, 0) is 31.4 Å². The van der Waals surface area contributed by atoms with Gasteiger partial charge in [0.1, 0.15) is 0 Å². The van der Waals surface area contributed by atoms with Crippen molar-refractivity contribution in [3.8, 4) is 5.75 Å².